The van der Waals surface area contributed by atoms with E-state index in [1.54, 1.807) is 24.4 Å². The van der Waals surface area contributed by atoms with Crippen molar-refractivity contribution in [2.45, 2.75) is 39.2 Å². The number of aryl methyl sites for hydroxylation is 1. The number of carbonyl (C=O) groups is 2. The number of rotatable bonds is 3. The van der Waals surface area contributed by atoms with Crippen molar-refractivity contribution in [1.82, 2.24) is 0 Å². The molecule has 3 aromatic rings. The summed E-state index contributed by atoms with van der Waals surface area (Å²) in [7, 11) is 0. The Morgan fingerprint density at radius 1 is 1.06 bits per heavy atom. The normalized spacial score (nSPS) is 18.2. The van der Waals surface area contributed by atoms with Crippen LogP contribution in [0.1, 0.15) is 48.4 Å². The van der Waals surface area contributed by atoms with Gasteiger partial charge in [0, 0.05) is 16.5 Å². The first-order valence-corrected chi connectivity index (χ1v) is 11.3. The molecular formula is C26H23F2NO3S. The zero-order valence-electron chi connectivity index (χ0n) is 18.6. The lowest BCUT2D eigenvalue weighted by atomic mass is 9.84. The van der Waals surface area contributed by atoms with E-state index < -0.39 is 29.4 Å². The van der Waals surface area contributed by atoms with Crippen molar-refractivity contribution in [3.63, 3.8) is 0 Å². The second-order valence-electron chi connectivity index (χ2n) is 9.06. The number of carbonyl (C=O) groups excluding carboxylic acids is 2. The van der Waals surface area contributed by atoms with Crippen molar-refractivity contribution < 1.29 is 23.5 Å². The second kappa shape index (κ2) is 8.23. The number of Topliss-reactive ketones (excluding diaryl/α,β-unsaturated/α-hetero) is 1. The second-order valence-corrected chi connectivity index (χ2v) is 10.0. The topological polar surface area (TPSA) is 57.6 Å². The third-order valence-electron chi connectivity index (χ3n) is 5.79. The fraction of sp³-hybridized carbons (Fsp3) is 0.231. The molecule has 1 saturated heterocycles. The molecule has 7 heteroatoms. The highest BCUT2D eigenvalue weighted by molar-refractivity contribution is 7.10. The lowest BCUT2D eigenvalue weighted by Gasteiger charge is -2.25. The van der Waals surface area contributed by atoms with Gasteiger partial charge in [0.1, 0.15) is 23.4 Å². The fourth-order valence-electron chi connectivity index (χ4n) is 3.96. The highest BCUT2D eigenvalue weighted by Gasteiger charge is 2.48. The van der Waals surface area contributed by atoms with Gasteiger partial charge in [0.15, 0.2) is 0 Å². The van der Waals surface area contributed by atoms with Crippen LogP contribution < -0.4 is 4.90 Å². The van der Waals surface area contributed by atoms with Gasteiger partial charge in [-0.25, -0.2) is 8.78 Å². The maximum absolute atomic E-state index is 14.7. The Morgan fingerprint density at radius 3 is 2.39 bits per heavy atom. The molecule has 1 aromatic heterocycles. The van der Waals surface area contributed by atoms with Gasteiger partial charge in [0.25, 0.3) is 11.7 Å². The van der Waals surface area contributed by atoms with Crippen LogP contribution in [0.15, 0.2) is 59.5 Å². The summed E-state index contributed by atoms with van der Waals surface area (Å²) in [6, 6.07) is 10.8. The molecule has 2 heterocycles. The van der Waals surface area contributed by atoms with Crippen LogP contribution in [0.2, 0.25) is 0 Å². The van der Waals surface area contributed by atoms with Gasteiger partial charge in [-0.1, -0.05) is 39.0 Å². The SMILES string of the molecule is Cc1ccc(C(C)(C)C)cc1/C(O)=C1\C(=O)C(=O)N(c2ccc(F)cc2F)C1c1cccs1. The molecule has 4 nitrogen and oxygen atoms in total. The average molecular weight is 468 g/mol. The smallest absolute Gasteiger partial charge is 0.300 e. The zero-order chi connectivity index (χ0) is 24.1. The van der Waals surface area contributed by atoms with Gasteiger partial charge in [-0.15, -0.1) is 11.3 Å². The summed E-state index contributed by atoms with van der Waals surface area (Å²) in [5.41, 5.74) is 1.54. The predicted molar refractivity (Wildman–Crippen MR) is 125 cm³/mol. The van der Waals surface area contributed by atoms with Gasteiger partial charge in [0.2, 0.25) is 0 Å². The van der Waals surface area contributed by atoms with Gasteiger partial charge in [-0.2, -0.15) is 0 Å². The number of amides is 1. The van der Waals surface area contributed by atoms with E-state index in [-0.39, 0.29) is 22.4 Å². The number of nitrogens with zero attached hydrogens (tertiary/aromatic N) is 1. The van der Waals surface area contributed by atoms with Crippen molar-refractivity contribution in [2.75, 3.05) is 4.90 Å². The molecule has 0 radical (unpaired) electrons. The molecule has 1 unspecified atom stereocenters. The van der Waals surface area contributed by atoms with Crippen molar-refractivity contribution in [1.29, 1.82) is 0 Å². The molecule has 170 valence electrons. The van der Waals surface area contributed by atoms with E-state index in [4.69, 9.17) is 0 Å². The van der Waals surface area contributed by atoms with Crippen LogP contribution in [0.4, 0.5) is 14.5 Å². The van der Waals surface area contributed by atoms with Gasteiger partial charge < -0.3 is 5.11 Å². The first-order chi connectivity index (χ1) is 15.5. The number of halogens is 2. The molecule has 2 aromatic carbocycles. The Hall–Kier alpha value is -3.32. The van der Waals surface area contributed by atoms with Gasteiger partial charge in [-0.05, 0) is 53.1 Å². The lowest BCUT2D eigenvalue weighted by Crippen LogP contribution is -2.30. The average Bonchev–Trinajstić information content (AvgIpc) is 3.35. The van der Waals surface area contributed by atoms with Gasteiger partial charge in [-0.3, -0.25) is 14.5 Å². The van der Waals surface area contributed by atoms with Crippen LogP contribution in [0.25, 0.3) is 5.76 Å². The van der Waals surface area contributed by atoms with E-state index in [1.165, 1.54) is 11.3 Å². The fourth-order valence-corrected chi connectivity index (χ4v) is 4.79. The summed E-state index contributed by atoms with van der Waals surface area (Å²) in [5, 5.41) is 13.1. The monoisotopic (exact) mass is 467 g/mol. The van der Waals surface area contributed by atoms with Gasteiger partial charge >= 0.3 is 0 Å². The molecule has 1 aliphatic rings. The Kier molecular flexibility index (Phi) is 5.70. The molecule has 1 amide bonds. The first kappa shape index (κ1) is 22.9. The number of hydrogen-bond donors (Lipinski definition) is 1. The number of aliphatic hydroxyl groups is 1. The summed E-state index contributed by atoms with van der Waals surface area (Å²) >= 11 is 1.27. The minimum absolute atomic E-state index is 0.125. The molecule has 4 rings (SSSR count). The Labute approximate surface area is 194 Å². The van der Waals surface area contributed by atoms with Gasteiger partial charge in [0.05, 0.1) is 11.3 Å². The highest BCUT2D eigenvalue weighted by Crippen LogP contribution is 2.44. The van der Waals surface area contributed by atoms with Crippen LogP contribution in [0.3, 0.4) is 0 Å². The van der Waals surface area contributed by atoms with E-state index in [0.717, 1.165) is 28.2 Å². The predicted octanol–water partition coefficient (Wildman–Crippen LogP) is 6.26. The summed E-state index contributed by atoms with van der Waals surface area (Å²) in [4.78, 5) is 27.8. The summed E-state index contributed by atoms with van der Waals surface area (Å²) in [6.45, 7) is 7.90. The summed E-state index contributed by atoms with van der Waals surface area (Å²) in [5.74, 6) is -3.99. The molecule has 0 aliphatic carbocycles. The first-order valence-electron chi connectivity index (χ1n) is 10.4. The Bertz CT molecular complexity index is 1290. The van der Waals surface area contributed by atoms with Crippen molar-refractivity contribution in [2.24, 2.45) is 0 Å². The van der Waals surface area contributed by atoms with E-state index in [1.807, 2.05) is 39.0 Å². The number of hydrogen-bond acceptors (Lipinski definition) is 4. The van der Waals surface area contributed by atoms with Crippen LogP contribution >= 0.6 is 11.3 Å². The van der Waals surface area contributed by atoms with Crippen LogP contribution in [-0.2, 0) is 15.0 Å². The zero-order valence-corrected chi connectivity index (χ0v) is 19.5. The number of thiophene rings is 1. The van der Waals surface area contributed by atoms with E-state index in [9.17, 15) is 23.5 Å². The molecular weight excluding hydrogens is 444 g/mol. The van der Waals surface area contributed by atoms with Crippen molar-refractivity contribution >= 4 is 34.5 Å². The maximum atomic E-state index is 14.7. The number of aliphatic hydroxyl groups excluding tert-OH is 1. The molecule has 1 N–H and O–H groups in total. The van der Waals surface area contributed by atoms with E-state index in [0.29, 0.717) is 16.5 Å². The summed E-state index contributed by atoms with van der Waals surface area (Å²) < 4.78 is 28.2. The molecule has 1 atom stereocenters. The third-order valence-corrected chi connectivity index (χ3v) is 6.71. The number of anilines is 1. The maximum Gasteiger partial charge on any atom is 0.300 e. The summed E-state index contributed by atoms with van der Waals surface area (Å²) in [6.07, 6.45) is 0. The van der Waals surface area contributed by atoms with Crippen molar-refractivity contribution in [3.8, 4) is 0 Å². The lowest BCUT2D eigenvalue weighted by molar-refractivity contribution is -0.132. The molecule has 0 bridgehead atoms. The van der Waals surface area contributed by atoms with Crippen LogP contribution in [-0.4, -0.2) is 16.8 Å². The van der Waals surface area contributed by atoms with Crippen molar-refractivity contribution in [3.05, 3.63) is 92.7 Å². The minimum Gasteiger partial charge on any atom is -0.507 e. The van der Waals surface area contributed by atoms with E-state index in [2.05, 4.69) is 0 Å². The number of ketones is 1. The standard InChI is InChI=1S/C26H23F2NO3S/c1-14-7-8-15(26(2,3)4)12-17(14)23(30)21-22(20-6-5-11-33-20)29(25(32)24(21)31)19-10-9-16(27)13-18(19)28/h5-13,22,30H,1-4H3/b23-21+. The van der Waals surface area contributed by atoms with Crippen LogP contribution in [0, 0.1) is 18.6 Å². The molecule has 0 saturated carbocycles. The largest absolute Gasteiger partial charge is 0.507 e. The Balaban J connectivity index is 1.97. The van der Waals surface area contributed by atoms with E-state index >= 15 is 0 Å². The molecule has 1 aliphatic heterocycles. The quantitative estimate of drug-likeness (QED) is 0.281. The van der Waals surface area contributed by atoms with Crippen LogP contribution in [0.5, 0.6) is 0 Å². The molecule has 0 spiro atoms. The highest BCUT2D eigenvalue weighted by atomic mass is 32.1. The minimum atomic E-state index is -1.04. The molecule has 33 heavy (non-hydrogen) atoms. The molecule has 1 fully saturated rings. The Morgan fingerprint density at radius 2 is 1.79 bits per heavy atom. The third kappa shape index (κ3) is 3.97. The number of benzene rings is 2.